The number of benzene rings is 2. The SMILES string of the molecule is O=C(NC1(C(=O)N2CC=C(C(=O)O)CC2)CCCCC1)OCC1c2ccccc2-c2ccccc21. The van der Waals surface area contributed by atoms with E-state index in [1.807, 2.05) is 24.3 Å². The van der Waals surface area contributed by atoms with Gasteiger partial charge in [-0.3, -0.25) is 4.79 Å². The van der Waals surface area contributed by atoms with Gasteiger partial charge in [0.15, 0.2) is 0 Å². The Bertz CT molecular complexity index is 1140. The second-order valence-electron chi connectivity index (χ2n) is 9.63. The summed E-state index contributed by atoms with van der Waals surface area (Å²) in [5.41, 5.74) is 3.93. The molecule has 1 saturated carbocycles. The Morgan fingerprint density at radius 3 is 2.17 bits per heavy atom. The predicted octanol–water partition coefficient (Wildman–Crippen LogP) is 4.47. The number of nitrogens with zero attached hydrogens (tertiary/aromatic N) is 1. The molecule has 0 bridgehead atoms. The maximum Gasteiger partial charge on any atom is 0.408 e. The Kier molecular flexibility index (Phi) is 6.32. The molecular formula is C28H30N2O5. The lowest BCUT2D eigenvalue weighted by Gasteiger charge is -2.40. The molecule has 182 valence electrons. The summed E-state index contributed by atoms with van der Waals surface area (Å²) in [6, 6.07) is 16.3. The zero-order valence-corrected chi connectivity index (χ0v) is 19.7. The zero-order valence-electron chi connectivity index (χ0n) is 19.7. The molecule has 2 N–H and O–H groups in total. The minimum atomic E-state index is -1.00. The standard InChI is InChI=1S/C28H30N2O5/c31-25(32)19-12-16-30(17-13-19)26(33)28(14-6-1-7-15-28)29-27(34)35-18-24-22-10-4-2-8-20(22)21-9-3-5-11-23(21)24/h2-5,8-12,24H,1,6-7,13-18H2,(H,29,34)(H,31,32). The van der Waals surface area contributed by atoms with Crippen molar-refractivity contribution < 1.29 is 24.2 Å². The largest absolute Gasteiger partial charge is 0.478 e. The molecule has 0 unspecified atom stereocenters. The lowest BCUT2D eigenvalue weighted by atomic mass is 9.80. The first kappa shape index (κ1) is 23.1. The van der Waals surface area contributed by atoms with Crippen molar-refractivity contribution in [3.05, 3.63) is 71.3 Å². The van der Waals surface area contributed by atoms with E-state index in [0.717, 1.165) is 41.5 Å². The van der Waals surface area contributed by atoms with Crippen molar-refractivity contribution in [2.24, 2.45) is 0 Å². The van der Waals surface area contributed by atoms with Crippen LogP contribution in [0.15, 0.2) is 60.2 Å². The molecule has 2 aromatic carbocycles. The van der Waals surface area contributed by atoms with Gasteiger partial charge in [0.25, 0.3) is 0 Å². The number of ether oxygens (including phenoxy) is 1. The van der Waals surface area contributed by atoms with Crippen LogP contribution < -0.4 is 5.32 Å². The lowest BCUT2D eigenvalue weighted by Crippen LogP contribution is -2.61. The van der Waals surface area contributed by atoms with Gasteiger partial charge < -0.3 is 20.1 Å². The number of carbonyl (C=O) groups excluding carboxylic acids is 2. The summed E-state index contributed by atoms with van der Waals surface area (Å²) >= 11 is 0. The predicted molar refractivity (Wildman–Crippen MR) is 131 cm³/mol. The van der Waals surface area contributed by atoms with Gasteiger partial charge in [-0.2, -0.15) is 0 Å². The number of rotatable bonds is 5. The van der Waals surface area contributed by atoms with Crippen LogP contribution >= 0.6 is 0 Å². The molecular weight excluding hydrogens is 444 g/mol. The summed E-state index contributed by atoms with van der Waals surface area (Å²) in [5, 5.41) is 12.2. The van der Waals surface area contributed by atoms with Crippen LogP contribution in [0.4, 0.5) is 4.79 Å². The van der Waals surface area contributed by atoms with Gasteiger partial charge in [0.05, 0.1) is 0 Å². The van der Waals surface area contributed by atoms with E-state index in [0.29, 0.717) is 31.4 Å². The molecule has 5 rings (SSSR count). The number of fused-ring (bicyclic) bond motifs is 3. The number of carboxylic acid groups (broad SMARTS) is 1. The van der Waals surface area contributed by atoms with Crippen LogP contribution in [0, 0.1) is 0 Å². The van der Waals surface area contributed by atoms with E-state index >= 15 is 0 Å². The molecule has 1 fully saturated rings. The smallest absolute Gasteiger partial charge is 0.408 e. The third-order valence-electron chi connectivity index (χ3n) is 7.57. The number of hydrogen-bond acceptors (Lipinski definition) is 4. The first-order valence-electron chi connectivity index (χ1n) is 12.3. The number of amides is 2. The molecule has 0 spiro atoms. The fourth-order valence-corrected chi connectivity index (χ4v) is 5.73. The summed E-state index contributed by atoms with van der Waals surface area (Å²) in [6.07, 6.45) is 5.14. The van der Waals surface area contributed by atoms with E-state index in [9.17, 15) is 19.5 Å². The number of carbonyl (C=O) groups is 3. The molecule has 0 radical (unpaired) electrons. The molecule has 0 atom stereocenters. The summed E-state index contributed by atoms with van der Waals surface area (Å²) in [7, 11) is 0. The summed E-state index contributed by atoms with van der Waals surface area (Å²) < 4.78 is 5.74. The van der Waals surface area contributed by atoms with E-state index in [1.165, 1.54) is 0 Å². The highest BCUT2D eigenvalue weighted by Crippen LogP contribution is 2.44. The van der Waals surface area contributed by atoms with Crippen molar-refractivity contribution in [3.63, 3.8) is 0 Å². The third kappa shape index (κ3) is 4.43. The monoisotopic (exact) mass is 474 g/mol. The first-order valence-corrected chi connectivity index (χ1v) is 12.3. The van der Waals surface area contributed by atoms with Crippen molar-refractivity contribution in [2.45, 2.75) is 50.0 Å². The summed E-state index contributed by atoms with van der Waals surface area (Å²) in [5.74, 6) is -1.14. The van der Waals surface area contributed by atoms with Crippen LogP contribution in [0.2, 0.25) is 0 Å². The van der Waals surface area contributed by atoms with E-state index in [2.05, 4.69) is 29.6 Å². The van der Waals surface area contributed by atoms with Crippen molar-refractivity contribution in [1.29, 1.82) is 0 Å². The molecule has 3 aliphatic rings. The van der Waals surface area contributed by atoms with E-state index in [4.69, 9.17) is 4.74 Å². The fraction of sp³-hybridized carbons (Fsp3) is 0.393. The maximum absolute atomic E-state index is 13.6. The molecule has 2 aromatic rings. The molecule has 1 heterocycles. The Morgan fingerprint density at radius 1 is 0.971 bits per heavy atom. The van der Waals surface area contributed by atoms with Crippen LogP contribution in [-0.4, -0.2) is 53.2 Å². The normalized spacial score (nSPS) is 18.7. The fourth-order valence-electron chi connectivity index (χ4n) is 5.73. The number of hydrogen-bond donors (Lipinski definition) is 2. The maximum atomic E-state index is 13.6. The Hall–Kier alpha value is -3.61. The molecule has 2 amide bonds. The van der Waals surface area contributed by atoms with E-state index in [-0.39, 0.29) is 25.0 Å². The second-order valence-corrected chi connectivity index (χ2v) is 9.63. The van der Waals surface area contributed by atoms with Gasteiger partial charge in [-0.05, 0) is 41.5 Å². The topological polar surface area (TPSA) is 95.9 Å². The van der Waals surface area contributed by atoms with Gasteiger partial charge in [-0.15, -0.1) is 0 Å². The summed E-state index contributed by atoms with van der Waals surface area (Å²) in [4.78, 5) is 39.5. The molecule has 35 heavy (non-hydrogen) atoms. The molecule has 2 aliphatic carbocycles. The van der Waals surface area contributed by atoms with Gasteiger partial charge in [0.1, 0.15) is 12.1 Å². The molecule has 0 saturated heterocycles. The van der Waals surface area contributed by atoms with Crippen molar-refractivity contribution in [2.75, 3.05) is 19.7 Å². The Labute approximate surface area is 204 Å². The zero-order chi connectivity index (χ0) is 24.4. The molecule has 1 aliphatic heterocycles. The van der Waals surface area contributed by atoms with E-state index in [1.54, 1.807) is 11.0 Å². The van der Waals surface area contributed by atoms with Gasteiger partial charge in [-0.1, -0.05) is 73.9 Å². The number of alkyl carbamates (subject to hydrolysis) is 1. The van der Waals surface area contributed by atoms with Crippen LogP contribution in [0.1, 0.15) is 55.6 Å². The Morgan fingerprint density at radius 2 is 1.60 bits per heavy atom. The third-order valence-corrected chi connectivity index (χ3v) is 7.57. The first-order chi connectivity index (χ1) is 17.0. The van der Waals surface area contributed by atoms with Crippen LogP contribution in [-0.2, 0) is 14.3 Å². The van der Waals surface area contributed by atoms with Gasteiger partial charge in [0, 0.05) is 24.6 Å². The highest BCUT2D eigenvalue weighted by molar-refractivity contribution is 5.92. The molecule has 7 heteroatoms. The number of carboxylic acids is 1. The average Bonchev–Trinajstić information content (AvgIpc) is 3.21. The van der Waals surface area contributed by atoms with Crippen molar-refractivity contribution >= 4 is 18.0 Å². The minimum absolute atomic E-state index is 0.0483. The van der Waals surface area contributed by atoms with Crippen LogP contribution in [0.25, 0.3) is 11.1 Å². The van der Waals surface area contributed by atoms with Gasteiger partial charge >= 0.3 is 12.1 Å². The van der Waals surface area contributed by atoms with Gasteiger partial charge in [-0.25, -0.2) is 9.59 Å². The highest BCUT2D eigenvalue weighted by atomic mass is 16.5. The van der Waals surface area contributed by atoms with E-state index < -0.39 is 17.6 Å². The second kappa shape index (κ2) is 9.56. The summed E-state index contributed by atoms with van der Waals surface area (Å²) in [6.45, 7) is 0.776. The van der Waals surface area contributed by atoms with Crippen LogP contribution in [0.5, 0.6) is 0 Å². The average molecular weight is 475 g/mol. The minimum Gasteiger partial charge on any atom is -0.478 e. The highest BCUT2D eigenvalue weighted by Gasteiger charge is 2.44. The van der Waals surface area contributed by atoms with Crippen molar-refractivity contribution in [3.8, 4) is 11.1 Å². The molecule has 0 aromatic heterocycles. The lowest BCUT2D eigenvalue weighted by molar-refractivity contribution is -0.140. The van der Waals surface area contributed by atoms with Crippen molar-refractivity contribution in [1.82, 2.24) is 10.2 Å². The quantitative estimate of drug-likeness (QED) is 0.667. The number of aliphatic carboxylic acids is 1. The van der Waals surface area contributed by atoms with Gasteiger partial charge in [0.2, 0.25) is 5.91 Å². The van der Waals surface area contributed by atoms with Crippen LogP contribution in [0.3, 0.4) is 0 Å². The molecule has 7 nitrogen and oxygen atoms in total. The number of nitrogens with one attached hydrogen (secondary N) is 1. The Balaban J connectivity index is 1.29.